The van der Waals surface area contributed by atoms with Crippen molar-refractivity contribution in [3.05, 3.63) is 41.6 Å². The van der Waals surface area contributed by atoms with Gasteiger partial charge in [0.05, 0.1) is 34.9 Å². The van der Waals surface area contributed by atoms with Crippen LogP contribution in [-0.4, -0.2) is 73.3 Å². The molecule has 38 heavy (non-hydrogen) atoms. The summed E-state index contributed by atoms with van der Waals surface area (Å²) in [6.07, 6.45) is 7.97. The molecule has 0 spiro atoms. The van der Waals surface area contributed by atoms with Crippen molar-refractivity contribution in [2.75, 3.05) is 61.2 Å². The summed E-state index contributed by atoms with van der Waals surface area (Å²) in [4.78, 5) is 25.7. The summed E-state index contributed by atoms with van der Waals surface area (Å²) in [5.41, 5.74) is 2.31. The number of anilines is 5. The molecule has 4 rings (SSSR count). The van der Waals surface area contributed by atoms with Crippen molar-refractivity contribution in [2.24, 2.45) is 0 Å². The Bertz CT molecular complexity index is 1190. The summed E-state index contributed by atoms with van der Waals surface area (Å²) in [5, 5.41) is 19.4. The molecule has 2 aliphatic rings. The Morgan fingerprint density at radius 2 is 2.08 bits per heavy atom. The summed E-state index contributed by atoms with van der Waals surface area (Å²) in [6, 6.07) is 6.58. The highest BCUT2D eigenvalue weighted by molar-refractivity contribution is 6.34. The molecule has 1 aromatic carbocycles. The Kier molecular flexibility index (Phi) is 9.39. The van der Waals surface area contributed by atoms with Crippen molar-refractivity contribution >= 4 is 46.3 Å². The van der Waals surface area contributed by atoms with Crippen LogP contribution in [0.4, 0.5) is 28.8 Å². The average Bonchev–Trinajstić information content (AvgIpc) is 2.91. The normalized spacial score (nSPS) is 16.0. The maximum absolute atomic E-state index is 12.3. The second-order valence-electron chi connectivity index (χ2n) is 9.70. The number of piperidine rings is 1. The van der Waals surface area contributed by atoms with Crippen LogP contribution in [0.1, 0.15) is 37.7 Å². The number of benzene rings is 1. The highest BCUT2D eigenvalue weighted by Crippen LogP contribution is 2.38. The third-order valence-corrected chi connectivity index (χ3v) is 7.51. The molecular formula is C27H35ClN8O2. The minimum atomic E-state index is -0.340. The summed E-state index contributed by atoms with van der Waals surface area (Å²) in [5.74, 6) is 0.448. The number of halogens is 1. The quantitative estimate of drug-likeness (QED) is 0.358. The van der Waals surface area contributed by atoms with E-state index in [9.17, 15) is 10.1 Å². The molecule has 1 saturated heterocycles. The van der Waals surface area contributed by atoms with Crippen molar-refractivity contribution in [1.82, 2.24) is 14.9 Å². The molecule has 202 valence electrons. The van der Waals surface area contributed by atoms with Crippen LogP contribution in [0.2, 0.25) is 5.02 Å². The van der Waals surface area contributed by atoms with Gasteiger partial charge in [-0.05, 0) is 57.4 Å². The van der Waals surface area contributed by atoms with Crippen LogP contribution in [-0.2, 0) is 9.53 Å². The van der Waals surface area contributed by atoms with E-state index in [0.717, 1.165) is 57.4 Å². The molecule has 0 unspecified atom stereocenters. The van der Waals surface area contributed by atoms with E-state index in [1.165, 1.54) is 12.3 Å². The number of ether oxygens (including phenoxy) is 1. The van der Waals surface area contributed by atoms with Crippen molar-refractivity contribution in [1.29, 1.82) is 5.26 Å². The predicted octanol–water partition coefficient (Wildman–Crippen LogP) is 4.38. The van der Waals surface area contributed by atoms with Gasteiger partial charge in [-0.25, -0.2) is 4.98 Å². The lowest BCUT2D eigenvalue weighted by molar-refractivity contribution is -0.111. The van der Waals surface area contributed by atoms with Gasteiger partial charge in [0.2, 0.25) is 11.9 Å². The minimum absolute atomic E-state index is 0.295. The first-order valence-electron chi connectivity index (χ1n) is 12.9. The van der Waals surface area contributed by atoms with Crippen molar-refractivity contribution in [2.45, 2.75) is 44.2 Å². The van der Waals surface area contributed by atoms with E-state index in [-0.39, 0.29) is 5.91 Å². The Hall–Kier alpha value is -3.39. The van der Waals surface area contributed by atoms with Gasteiger partial charge in [0.25, 0.3) is 0 Å². The summed E-state index contributed by atoms with van der Waals surface area (Å²) >= 11 is 6.78. The van der Waals surface area contributed by atoms with Crippen LogP contribution in [0.5, 0.6) is 0 Å². The van der Waals surface area contributed by atoms with E-state index in [4.69, 9.17) is 16.3 Å². The molecule has 2 heterocycles. The fraction of sp³-hybridized carbons (Fsp3) is 0.481. The SMILES string of the molecule is C=CC(=O)Nc1cc(N2CCC(N(C)CCOC)CC2)c(Cl)cc1Nc1ncc(C#N)c(NC2CCC2)n1. The molecule has 1 aromatic heterocycles. The lowest BCUT2D eigenvalue weighted by Crippen LogP contribution is -2.44. The molecule has 1 aliphatic carbocycles. The van der Waals surface area contributed by atoms with E-state index >= 15 is 0 Å². The lowest BCUT2D eigenvalue weighted by Gasteiger charge is -2.38. The number of amides is 1. The smallest absolute Gasteiger partial charge is 0.247 e. The Morgan fingerprint density at radius 1 is 1.32 bits per heavy atom. The number of rotatable bonds is 11. The summed E-state index contributed by atoms with van der Waals surface area (Å²) in [6.45, 7) is 6.87. The van der Waals surface area contributed by atoms with Gasteiger partial charge in [-0.3, -0.25) is 4.79 Å². The Balaban J connectivity index is 1.55. The lowest BCUT2D eigenvalue weighted by atomic mass is 9.93. The highest BCUT2D eigenvalue weighted by atomic mass is 35.5. The van der Waals surface area contributed by atoms with Crippen molar-refractivity contribution < 1.29 is 9.53 Å². The standard InChI is InChI=1S/C27H35ClN8O2/c1-4-25(37)32-23-15-24(36-10-8-20(9-11-36)35(2)12-13-38-3)21(28)14-22(23)33-27-30-17-18(16-29)26(34-27)31-19-6-5-7-19/h4,14-15,17,19-20H,1,5-13H2,2-3H3,(H,32,37)(H2,30,31,33,34). The molecule has 1 aliphatic heterocycles. The van der Waals surface area contributed by atoms with E-state index in [2.05, 4.69) is 55.4 Å². The monoisotopic (exact) mass is 538 g/mol. The largest absolute Gasteiger partial charge is 0.383 e. The van der Waals surface area contributed by atoms with Gasteiger partial charge < -0.3 is 30.5 Å². The van der Waals surface area contributed by atoms with Gasteiger partial charge in [-0.1, -0.05) is 18.2 Å². The third-order valence-electron chi connectivity index (χ3n) is 7.21. The molecular weight excluding hydrogens is 504 g/mol. The topological polar surface area (TPSA) is 118 Å². The number of nitrogens with zero attached hydrogens (tertiary/aromatic N) is 5. The number of aromatic nitrogens is 2. The van der Waals surface area contributed by atoms with Gasteiger partial charge in [-0.2, -0.15) is 10.2 Å². The van der Waals surface area contributed by atoms with Crippen LogP contribution in [0.25, 0.3) is 0 Å². The minimum Gasteiger partial charge on any atom is -0.383 e. The maximum Gasteiger partial charge on any atom is 0.247 e. The predicted molar refractivity (Wildman–Crippen MR) is 151 cm³/mol. The molecule has 11 heteroatoms. The Labute approximate surface area is 229 Å². The van der Waals surface area contributed by atoms with E-state index in [0.29, 0.717) is 52.4 Å². The number of carbonyl (C=O) groups excluding carboxylic acids is 1. The highest BCUT2D eigenvalue weighted by Gasteiger charge is 2.25. The zero-order valence-electron chi connectivity index (χ0n) is 22.0. The van der Waals surface area contributed by atoms with Crippen LogP contribution in [0, 0.1) is 11.3 Å². The summed E-state index contributed by atoms with van der Waals surface area (Å²) < 4.78 is 5.22. The number of nitriles is 1. The maximum atomic E-state index is 12.3. The number of carbonyl (C=O) groups is 1. The number of likely N-dealkylation sites (N-methyl/N-ethyl adjacent to an activating group) is 1. The van der Waals surface area contributed by atoms with Gasteiger partial charge in [0.15, 0.2) is 0 Å². The van der Waals surface area contributed by atoms with Crippen LogP contribution in [0.15, 0.2) is 31.0 Å². The molecule has 10 nitrogen and oxygen atoms in total. The Morgan fingerprint density at radius 3 is 2.71 bits per heavy atom. The zero-order valence-corrected chi connectivity index (χ0v) is 22.7. The molecule has 1 amide bonds. The third kappa shape index (κ3) is 6.72. The average molecular weight is 539 g/mol. The first-order chi connectivity index (χ1) is 18.4. The van der Waals surface area contributed by atoms with Crippen molar-refractivity contribution in [3.8, 4) is 6.07 Å². The molecule has 0 radical (unpaired) electrons. The van der Waals surface area contributed by atoms with Crippen molar-refractivity contribution in [3.63, 3.8) is 0 Å². The zero-order chi connectivity index (χ0) is 27.1. The second-order valence-corrected chi connectivity index (χ2v) is 10.1. The first-order valence-corrected chi connectivity index (χ1v) is 13.3. The molecule has 0 atom stereocenters. The van der Waals surface area contributed by atoms with Crippen LogP contribution >= 0.6 is 11.6 Å². The first kappa shape index (κ1) is 27.6. The molecule has 0 bridgehead atoms. The molecule has 2 aromatic rings. The fourth-order valence-corrected chi connectivity index (χ4v) is 4.94. The van der Waals surface area contributed by atoms with Gasteiger partial charge >= 0.3 is 0 Å². The molecule has 3 N–H and O–H groups in total. The molecule has 2 fully saturated rings. The van der Waals surface area contributed by atoms with Crippen LogP contribution < -0.4 is 20.9 Å². The number of methoxy groups -OCH3 is 1. The fourth-order valence-electron chi connectivity index (χ4n) is 4.66. The van der Waals surface area contributed by atoms with Crippen LogP contribution in [0.3, 0.4) is 0 Å². The van der Waals surface area contributed by atoms with Gasteiger partial charge in [-0.15, -0.1) is 0 Å². The second kappa shape index (κ2) is 12.9. The van der Waals surface area contributed by atoms with Gasteiger partial charge in [0, 0.05) is 38.8 Å². The number of nitrogens with one attached hydrogen (secondary N) is 3. The van der Waals surface area contributed by atoms with E-state index in [1.807, 2.05) is 6.07 Å². The van der Waals surface area contributed by atoms with E-state index < -0.39 is 0 Å². The van der Waals surface area contributed by atoms with Gasteiger partial charge in [0.1, 0.15) is 17.5 Å². The molecule has 1 saturated carbocycles. The number of hydrogen-bond donors (Lipinski definition) is 3. The van der Waals surface area contributed by atoms with E-state index in [1.54, 1.807) is 13.2 Å². The summed E-state index contributed by atoms with van der Waals surface area (Å²) in [7, 11) is 3.85. The number of hydrogen-bond acceptors (Lipinski definition) is 9.